The lowest BCUT2D eigenvalue weighted by atomic mass is 10.1. The second kappa shape index (κ2) is 7.18. The van der Waals surface area contributed by atoms with E-state index in [-0.39, 0.29) is 5.91 Å². The highest BCUT2D eigenvalue weighted by Crippen LogP contribution is 2.15. The number of carbonyl (C=O) groups is 1. The Morgan fingerprint density at radius 2 is 1.75 bits per heavy atom. The molecule has 126 valence electrons. The maximum atomic E-state index is 12.5. The highest BCUT2D eigenvalue weighted by atomic mass is 35.5. The number of anilines is 1. The number of piperazine rings is 1. The topological polar surface area (TPSA) is 49.3 Å². The van der Waals surface area contributed by atoms with Gasteiger partial charge >= 0.3 is 0 Å². The molecule has 2 heterocycles. The number of rotatable bonds is 3. The van der Waals surface area contributed by atoms with Crippen LogP contribution < -0.4 is 4.90 Å². The molecule has 0 radical (unpaired) electrons. The number of benzene rings is 1. The minimum Gasteiger partial charge on any atom is -0.339 e. The van der Waals surface area contributed by atoms with Crippen molar-refractivity contribution in [2.75, 3.05) is 31.1 Å². The van der Waals surface area contributed by atoms with Gasteiger partial charge in [-0.3, -0.25) is 4.79 Å². The van der Waals surface area contributed by atoms with Crippen LogP contribution in [0.2, 0.25) is 5.02 Å². The number of aromatic nitrogens is 2. The van der Waals surface area contributed by atoms with Crippen molar-refractivity contribution in [1.82, 2.24) is 14.9 Å². The van der Waals surface area contributed by atoms with E-state index in [1.54, 1.807) is 0 Å². The van der Waals surface area contributed by atoms with Crippen molar-refractivity contribution in [2.45, 2.75) is 20.3 Å². The van der Waals surface area contributed by atoms with E-state index >= 15 is 0 Å². The maximum Gasteiger partial charge on any atom is 0.227 e. The largest absolute Gasteiger partial charge is 0.339 e. The van der Waals surface area contributed by atoms with Gasteiger partial charge in [-0.2, -0.15) is 0 Å². The Kier molecular flexibility index (Phi) is 5.00. The number of amides is 1. The van der Waals surface area contributed by atoms with E-state index in [1.807, 2.05) is 49.1 Å². The maximum absolute atomic E-state index is 12.5. The molecule has 5 nitrogen and oxygen atoms in total. The van der Waals surface area contributed by atoms with E-state index < -0.39 is 0 Å². The molecule has 3 rings (SSSR count). The summed E-state index contributed by atoms with van der Waals surface area (Å²) in [6.45, 7) is 6.84. The van der Waals surface area contributed by atoms with E-state index in [0.29, 0.717) is 24.5 Å². The Morgan fingerprint density at radius 1 is 1.08 bits per heavy atom. The summed E-state index contributed by atoms with van der Waals surface area (Å²) in [5.41, 5.74) is 2.89. The molecule has 1 aromatic carbocycles. The van der Waals surface area contributed by atoms with Gasteiger partial charge in [0, 0.05) is 42.6 Å². The third kappa shape index (κ3) is 4.03. The average molecular weight is 345 g/mol. The van der Waals surface area contributed by atoms with Gasteiger partial charge < -0.3 is 9.80 Å². The van der Waals surface area contributed by atoms with Crippen molar-refractivity contribution in [3.63, 3.8) is 0 Å². The Morgan fingerprint density at radius 3 is 2.38 bits per heavy atom. The molecule has 0 bridgehead atoms. The highest BCUT2D eigenvalue weighted by molar-refractivity contribution is 6.30. The molecule has 0 N–H and O–H groups in total. The fourth-order valence-electron chi connectivity index (χ4n) is 2.94. The average Bonchev–Trinajstić information content (AvgIpc) is 2.54. The normalized spacial score (nSPS) is 14.8. The van der Waals surface area contributed by atoms with Crippen LogP contribution in [0.5, 0.6) is 0 Å². The smallest absolute Gasteiger partial charge is 0.227 e. The van der Waals surface area contributed by atoms with Crippen LogP contribution in [0.3, 0.4) is 0 Å². The molecule has 1 aromatic heterocycles. The first-order chi connectivity index (χ1) is 11.5. The molecule has 1 saturated heterocycles. The molecule has 1 aliphatic rings. The zero-order valence-corrected chi connectivity index (χ0v) is 14.8. The second-order valence-electron chi connectivity index (χ2n) is 6.13. The minimum absolute atomic E-state index is 0.137. The Hall–Kier alpha value is -2.14. The van der Waals surface area contributed by atoms with Crippen LogP contribution in [0.1, 0.15) is 17.0 Å². The summed E-state index contributed by atoms with van der Waals surface area (Å²) in [5, 5.41) is 0.664. The number of nitrogens with zero attached hydrogens (tertiary/aromatic N) is 4. The lowest BCUT2D eigenvalue weighted by Gasteiger charge is -2.35. The van der Waals surface area contributed by atoms with E-state index in [2.05, 4.69) is 14.9 Å². The van der Waals surface area contributed by atoms with Gasteiger partial charge in [-0.1, -0.05) is 23.7 Å². The minimum atomic E-state index is 0.137. The van der Waals surface area contributed by atoms with E-state index in [1.165, 1.54) is 0 Å². The zero-order valence-electron chi connectivity index (χ0n) is 14.0. The third-order valence-electron chi connectivity index (χ3n) is 4.13. The lowest BCUT2D eigenvalue weighted by molar-refractivity contribution is -0.130. The Labute approximate surface area is 147 Å². The first-order valence-corrected chi connectivity index (χ1v) is 8.48. The molecule has 2 aromatic rings. The molecule has 1 aliphatic heterocycles. The van der Waals surface area contributed by atoms with Crippen molar-refractivity contribution in [1.29, 1.82) is 0 Å². The van der Waals surface area contributed by atoms with Crippen molar-refractivity contribution >= 4 is 23.5 Å². The van der Waals surface area contributed by atoms with Crippen LogP contribution in [-0.4, -0.2) is 47.0 Å². The summed E-state index contributed by atoms with van der Waals surface area (Å²) >= 11 is 5.98. The molecule has 24 heavy (non-hydrogen) atoms. The number of hydrogen-bond donors (Lipinski definition) is 0. The molecule has 0 unspecified atom stereocenters. The summed E-state index contributed by atoms with van der Waals surface area (Å²) in [6, 6.07) is 9.44. The predicted molar refractivity (Wildman–Crippen MR) is 95.5 cm³/mol. The van der Waals surface area contributed by atoms with Crippen LogP contribution in [0.15, 0.2) is 30.3 Å². The molecule has 0 aliphatic carbocycles. The van der Waals surface area contributed by atoms with Gasteiger partial charge in [-0.15, -0.1) is 0 Å². The first kappa shape index (κ1) is 16.7. The SMILES string of the molecule is Cc1cc(C)nc(N2CCN(C(=O)Cc3cccc(Cl)c3)CC2)n1. The fourth-order valence-corrected chi connectivity index (χ4v) is 3.15. The molecule has 1 amide bonds. The van der Waals surface area contributed by atoms with Gasteiger partial charge in [-0.05, 0) is 37.6 Å². The lowest BCUT2D eigenvalue weighted by Crippen LogP contribution is -2.49. The number of carbonyl (C=O) groups excluding carboxylic acids is 1. The Bertz CT molecular complexity index is 721. The summed E-state index contributed by atoms with van der Waals surface area (Å²) in [7, 11) is 0. The molecule has 1 fully saturated rings. The van der Waals surface area contributed by atoms with Crippen LogP contribution in [0.25, 0.3) is 0 Å². The van der Waals surface area contributed by atoms with Crippen molar-refractivity contribution in [2.24, 2.45) is 0 Å². The zero-order chi connectivity index (χ0) is 17.1. The van der Waals surface area contributed by atoms with Gasteiger partial charge in [-0.25, -0.2) is 9.97 Å². The molecule has 0 atom stereocenters. The summed E-state index contributed by atoms with van der Waals surface area (Å²) in [6.07, 6.45) is 0.389. The number of hydrogen-bond acceptors (Lipinski definition) is 4. The summed E-state index contributed by atoms with van der Waals surface area (Å²) in [4.78, 5) is 25.5. The summed E-state index contributed by atoms with van der Waals surface area (Å²) in [5.74, 6) is 0.896. The van der Waals surface area contributed by atoms with Gasteiger partial charge in [0.25, 0.3) is 0 Å². The van der Waals surface area contributed by atoms with Gasteiger partial charge in [0.1, 0.15) is 0 Å². The van der Waals surface area contributed by atoms with Crippen LogP contribution in [0.4, 0.5) is 5.95 Å². The molecule has 0 saturated carbocycles. The predicted octanol–water partition coefficient (Wildman–Crippen LogP) is 2.64. The third-order valence-corrected chi connectivity index (χ3v) is 4.37. The number of halogens is 1. The van der Waals surface area contributed by atoms with Crippen molar-refractivity contribution in [3.05, 3.63) is 52.3 Å². The summed E-state index contributed by atoms with van der Waals surface area (Å²) < 4.78 is 0. The van der Waals surface area contributed by atoms with Crippen LogP contribution >= 0.6 is 11.6 Å². The van der Waals surface area contributed by atoms with E-state index in [0.717, 1.165) is 36.0 Å². The molecular formula is C18H21ClN4O. The molecule has 0 spiro atoms. The molecular weight excluding hydrogens is 324 g/mol. The van der Waals surface area contributed by atoms with Crippen molar-refractivity contribution in [3.8, 4) is 0 Å². The van der Waals surface area contributed by atoms with Gasteiger partial charge in [0.2, 0.25) is 11.9 Å². The van der Waals surface area contributed by atoms with Crippen LogP contribution in [0, 0.1) is 13.8 Å². The van der Waals surface area contributed by atoms with Crippen molar-refractivity contribution < 1.29 is 4.79 Å². The van der Waals surface area contributed by atoms with Crippen LogP contribution in [-0.2, 0) is 11.2 Å². The quantitative estimate of drug-likeness (QED) is 0.859. The standard InChI is InChI=1S/C18H21ClN4O/c1-13-10-14(2)21-18(20-13)23-8-6-22(7-9-23)17(24)12-15-4-3-5-16(19)11-15/h3-5,10-11H,6-9,12H2,1-2H3. The monoisotopic (exact) mass is 344 g/mol. The first-order valence-electron chi connectivity index (χ1n) is 8.11. The van der Waals surface area contributed by atoms with Gasteiger partial charge in [0.15, 0.2) is 0 Å². The van der Waals surface area contributed by atoms with Gasteiger partial charge in [0.05, 0.1) is 6.42 Å². The second-order valence-corrected chi connectivity index (χ2v) is 6.56. The fraction of sp³-hybridized carbons (Fsp3) is 0.389. The van der Waals surface area contributed by atoms with E-state index in [4.69, 9.17) is 11.6 Å². The number of aryl methyl sites for hydroxylation is 2. The highest BCUT2D eigenvalue weighted by Gasteiger charge is 2.22. The Balaban J connectivity index is 1.59. The van der Waals surface area contributed by atoms with E-state index in [9.17, 15) is 4.79 Å². The molecule has 6 heteroatoms.